The lowest BCUT2D eigenvalue weighted by Crippen LogP contribution is -1.93. The Kier molecular flexibility index (Phi) is 7.62. The molecule has 5 aromatic rings. The van der Waals surface area contributed by atoms with Crippen LogP contribution in [0.5, 0.6) is 0 Å². The van der Waals surface area contributed by atoms with Crippen LogP contribution in [0.2, 0.25) is 0 Å². The van der Waals surface area contributed by atoms with Gasteiger partial charge in [-0.25, -0.2) is 0 Å². The van der Waals surface area contributed by atoms with Crippen molar-refractivity contribution in [3.63, 3.8) is 0 Å². The zero-order valence-electron chi connectivity index (χ0n) is 20.8. The van der Waals surface area contributed by atoms with Crippen molar-refractivity contribution in [2.45, 2.75) is 0 Å². The first-order valence-electron chi connectivity index (χ1n) is 12.5. The minimum absolute atomic E-state index is 0.0221. The van der Waals surface area contributed by atoms with Gasteiger partial charge in [-0.1, -0.05) is 146 Å². The zero-order chi connectivity index (χ0) is 26.2. The number of hydrogen-bond donors (Lipinski definition) is 0. The molecule has 0 unspecified atom stereocenters. The highest BCUT2D eigenvalue weighted by Crippen LogP contribution is 2.30. The highest BCUT2D eigenvalue weighted by Gasteiger charge is 2.08. The van der Waals surface area contributed by atoms with Crippen LogP contribution in [0.15, 0.2) is 146 Å². The fourth-order valence-corrected chi connectivity index (χ4v) is 4.37. The molecule has 2 heteroatoms. The predicted molar refractivity (Wildman–Crippen MR) is 157 cm³/mol. The number of rotatable bonds is 8. The molecule has 0 aliphatic rings. The Morgan fingerprint density at radius 3 is 1.13 bits per heavy atom. The van der Waals surface area contributed by atoms with Gasteiger partial charge in [-0.2, -0.15) is 0 Å². The van der Waals surface area contributed by atoms with E-state index < -0.39 is 0 Å². The third kappa shape index (κ3) is 5.83. The van der Waals surface area contributed by atoms with Crippen molar-refractivity contribution < 1.29 is 9.59 Å². The standard InChI is InChI=1S/C36H26O2/c37-35(31-13-3-1-4-14-31)25-23-27-11-7-9-17-33(27)29-19-21-30(22-20-29)34-18-10-8-12-28(34)24-26-36(38)32-15-5-2-6-16-32/h1-26H. The van der Waals surface area contributed by atoms with Gasteiger partial charge in [0.2, 0.25) is 0 Å². The zero-order valence-corrected chi connectivity index (χ0v) is 20.8. The van der Waals surface area contributed by atoms with Crippen molar-refractivity contribution in [1.29, 1.82) is 0 Å². The molecule has 0 spiro atoms. The van der Waals surface area contributed by atoms with E-state index in [1.807, 2.05) is 109 Å². The SMILES string of the molecule is O=C(C=Cc1ccccc1-c1ccc(-c2ccccc2C=CC(=O)c2ccccc2)cc1)c1ccccc1. The topological polar surface area (TPSA) is 34.1 Å². The Morgan fingerprint density at radius 1 is 0.395 bits per heavy atom. The van der Waals surface area contributed by atoms with Crippen molar-refractivity contribution in [2.24, 2.45) is 0 Å². The molecule has 0 fully saturated rings. The molecule has 0 bridgehead atoms. The van der Waals surface area contributed by atoms with E-state index in [0.717, 1.165) is 33.4 Å². The molecule has 2 nitrogen and oxygen atoms in total. The van der Waals surface area contributed by atoms with Crippen LogP contribution in [0.4, 0.5) is 0 Å². The van der Waals surface area contributed by atoms with Crippen molar-refractivity contribution in [3.8, 4) is 22.3 Å². The van der Waals surface area contributed by atoms with Crippen LogP contribution in [0, 0.1) is 0 Å². The lowest BCUT2D eigenvalue weighted by Gasteiger charge is -2.10. The Morgan fingerprint density at radius 2 is 0.737 bits per heavy atom. The summed E-state index contributed by atoms with van der Waals surface area (Å²) in [6.45, 7) is 0. The first kappa shape index (κ1) is 24.6. The van der Waals surface area contributed by atoms with E-state index in [9.17, 15) is 9.59 Å². The second-order valence-corrected chi connectivity index (χ2v) is 8.88. The molecular weight excluding hydrogens is 464 g/mol. The molecule has 5 rings (SSSR count). The molecule has 0 saturated carbocycles. The van der Waals surface area contributed by atoms with Crippen LogP contribution in [0.1, 0.15) is 31.8 Å². The van der Waals surface area contributed by atoms with Crippen molar-refractivity contribution in [3.05, 3.63) is 168 Å². The van der Waals surface area contributed by atoms with Gasteiger partial charge in [0.05, 0.1) is 0 Å². The second kappa shape index (κ2) is 11.8. The normalized spacial score (nSPS) is 11.2. The number of carbonyl (C=O) groups excluding carboxylic acids is 2. The maximum absolute atomic E-state index is 12.6. The molecule has 0 aliphatic carbocycles. The van der Waals surface area contributed by atoms with Crippen LogP contribution in [-0.2, 0) is 0 Å². The number of benzene rings is 5. The Balaban J connectivity index is 1.39. The van der Waals surface area contributed by atoms with Gasteiger partial charge in [-0.15, -0.1) is 0 Å². The number of ketones is 2. The average Bonchev–Trinajstić information content (AvgIpc) is 3.00. The van der Waals surface area contributed by atoms with Gasteiger partial charge in [0, 0.05) is 11.1 Å². The summed E-state index contributed by atoms with van der Waals surface area (Å²) in [4.78, 5) is 25.1. The quantitative estimate of drug-likeness (QED) is 0.161. The lowest BCUT2D eigenvalue weighted by atomic mass is 9.94. The molecule has 0 saturated heterocycles. The first-order chi connectivity index (χ1) is 18.7. The third-order valence-corrected chi connectivity index (χ3v) is 6.37. The highest BCUT2D eigenvalue weighted by atomic mass is 16.1. The van der Waals surface area contributed by atoms with E-state index in [0.29, 0.717) is 11.1 Å². The van der Waals surface area contributed by atoms with Gasteiger partial charge in [0.1, 0.15) is 0 Å². The van der Waals surface area contributed by atoms with Gasteiger partial charge >= 0.3 is 0 Å². The monoisotopic (exact) mass is 490 g/mol. The summed E-state index contributed by atoms with van der Waals surface area (Å²) in [7, 11) is 0. The van der Waals surface area contributed by atoms with Gasteiger partial charge in [0.25, 0.3) is 0 Å². The summed E-state index contributed by atoms with van der Waals surface area (Å²) in [5.41, 5.74) is 7.53. The highest BCUT2D eigenvalue weighted by molar-refractivity contribution is 6.07. The van der Waals surface area contributed by atoms with Crippen LogP contribution in [-0.4, -0.2) is 11.6 Å². The molecule has 0 aromatic heterocycles. The van der Waals surface area contributed by atoms with E-state index in [2.05, 4.69) is 36.4 Å². The van der Waals surface area contributed by atoms with Gasteiger partial charge in [-0.3, -0.25) is 9.59 Å². The minimum Gasteiger partial charge on any atom is -0.289 e. The second-order valence-electron chi connectivity index (χ2n) is 8.88. The molecule has 182 valence electrons. The van der Waals surface area contributed by atoms with Crippen LogP contribution in [0.25, 0.3) is 34.4 Å². The predicted octanol–water partition coefficient (Wildman–Crippen LogP) is 8.81. The summed E-state index contributed by atoms with van der Waals surface area (Å²) >= 11 is 0. The molecule has 5 aromatic carbocycles. The first-order valence-corrected chi connectivity index (χ1v) is 12.5. The number of hydrogen-bond acceptors (Lipinski definition) is 2. The average molecular weight is 491 g/mol. The van der Waals surface area contributed by atoms with Crippen molar-refractivity contribution in [2.75, 3.05) is 0 Å². The fraction of sp³-hybridized carbons (Fsp3) is 0. The molecular formula is C36H26O2. The van der Waals surface area contributed by atoms with Crippen LogP contribution >= 0.6 is 0 Å². The summed E-state index contributed by atoms with van der Waals surface area (Å²) in [6, 6.07) is 43.0. The van der Waals surface area contributed by atoms with Gasteiger partial charge < -0.3 is 0 Å². The lowest BCUT2D eigenvalue weighted by molar-refractivity contribution is 0.103. The molecule has 0 atom stereocenters. The fourth-order valence-electron chi connectivity index (χ4n) is 4.37. The maximum Gasteiger partial charge on any atom is 0.185 e. The summed E-state index contributed by atoms with van der Waals surface area (Å²) in [5, 5.41) is 0. The third-order valence-electron chi connectivity index (χ3n) is 6.37. The van der Waals surface area contributed by atoms with E-state index in [-0.39, 0.29) is 11.6 Å². The van der Waals surface area contributed by atoms with E-state index in [1.165, 1.54) is 0 Å². The number of allylic oxidation sites excluding steroid dienone is 2. The Bertz CT molecular complexity index is 1490. The van der Waals surface area contributed by atoms with E-state index >= 15 is 0 Å². The summed E-state index contributed by atoms with van der Waals surface area (Å²) in [5.74, 6) is -0.0442. The van der Waals surface area contributed by atoms with Gasteiger partial charge in [-0.05, 0) is 45.5 Å². The van der Waals surface area contributed by atoms with Crippen LogP contribution in [0.3, 0.4) is 0 Å². The number of carbonyl (C=O) groups is 2. The minimum atomic E-state index is -0.0221. The Hall–Kier alpha value is -5.08. The largest absolute Gasteiger partial charge is 0.289 e. The molecule has 0 aliphatic heterocycles. The smallest absolute Gasteiger partial charge is 0.185 e. The molecule has 0 radical (unpaired) electrons. The molecule has 0 heterocycles. The van der Waals surface area contributed by atoms with Crippen molar-refractivity contribution in [1.82, 2.24) is 0 Å². The van der Waals surface area contributed by atoms with E-state index in [1.54, 1.807) is 12.2 Å². The maximum atomic E-state index is 12.6. The summed E-state index contributed by atoms with van der Waals surface area (Å²) < 4.78 is 0. The van der Waals surface area contributed by atoms with Gasteiger partial charge in [0.15, 0.2) is 11.6 Å². The Labute approximate surface area is 223 Å². The van der Waals surface area contributed by atoms with Crippen molar-refractivity contribution >= 4 is 23.7 Å². The summed E-state index contributed by atoms with van der Waals surface area (Å²) in [6.07, 6.45) is 7.01. The molecule has 0 N–H and O–H groups in total. The van der Waals surface area contributed by atoms with E-state index in [4.69, 9.17) is 0 Å². The van der Waals surface area contributed by atoms with Crippen LogP contribution < -0.4 is 0 Å². The molecule has 0 amide bonds. The molecule has 38 heavy (non-hydrogen) atoms.